The van der Waals surface area contributed by atoms with E-state index in [1.54, 1.807) is 0 Å². The smallest absolute Gasteiger partial charge is 0.367 e. The lowest BCUT2D eigenvalue weighted by Crippen LogP contribution is -2.27. The molecule has 0 bridgehead atoms. The predicted octanol–water partition coefficient (Wildman–Crippen LogP) is 4.14. The van der Waals surface area contributed by atoms with Crippen LogP contribution in [0.2, 0.25) is 5.15 Å². The Balaban J connectivity index is 2.14. The van der Waals surface area contributed by atoms with Gasteiger partial charge in [0.2, 0.25) is 5.82 Å². The molecule has 3 nitrogen and oxygen atoms in total. The van der Waals surface area contributed by atoms with E-state index in [1.165, 1.54) is 6.07 Å². The Hall–Kier alpha value is -1.04. The number of aromatic nitrogens is 2. The summed E-state index contributed by atoms with van der Waals surface area (Å²) in [5.74, 6) is -0.483. The lowest BCUT2D eigenvalue weighted by Gasteiger charge is -2.28. The van der Waals surface area contributed by atoms with E-state index in [4.69, 9.17) is 11.6 Å². The molecule has 0 spiro atoms. The van der Waals surface area contributed by atoms with Crippen molar-refractivity contribution in [3.8, 4) is 0 Å². The molecule has 1 aromatic heterocycles. The van der Waals surface area contributed by atoms with Gasteiger partial charge in [0.15, 0.2) is 0 Å². The third-order valence-corrected chi connectivity index (χ3v) is 3.43. The molecule has 1 aliphatic carbocycles. The zero-order valence-corrected chi connectivity index (χ0v) is 11.2. The summed E-state index contributed by atoms with van der Waals surface area (Å²) < 4.78 is 37.7. The third kappa shape index (κ3) is 3.96. The van der Waals surface area contributed by atoms with Crippen molar-refractivity contribution in [2.24, 2.45) is 5.92 Å². The molecule has 106 valence electrons. The van der Waals surface area contributed by atoms with Gasteiger partial charge in [-0.15, -0.1) is 0 Å². The Morgan fingerprint density at radius 1 is 1.32 bits per heavy atom. The highest BCUT2D eigenvalue weighted by Crippen LogP contribution is 2.30. The fraction of sp³-hybridized carbons (Fsp3) is 0.667. The van der Waals surface area contributed by atoms with Gasteiger partial charge in [-0.05, 0) is 18.8 Å². The molecule has 0 radical (unpaired) electrons. The van der Waals surface area contributed by atoms with Crippen LogP contribution in [0.3, 0.4) is 0 Å². The van der Waals surface area contributed by atoms with Crippen LogP contribution >= 0.6 is 11.6 Å². The van der Waals surface area contributed by atoms with Gasteiger partial charge < -0.3 is 5.32 Å². The number of nitrogens with zero attached hydrogens (tertiary/aromatic N) is 2. The summed E-state index contributed by atoms with van der Waals surface area (Å²) in [4.78, 5) is 6.69. The summed E-state index contributed by atoms with van der Waals surface area (Å²) in [5, 5.41) is 2.83. The average molecular weight is 294 g/mol. The molecule has 0 amide bonds. The third-order valence-electron chi connectivity index (χ3n) is 3.24. The fourth-order valence-corrected chi connectivity index (χ4v) is 2.58. The van der Waals surface area contributed by atoms with E-state index in [2.05, 4.69) is 22.2 Å². The van der Waals surface area contributed by atoms with Crippen LogP contribution in [-0.2, 0) is 6.18 Å². The SMILES string of the molecule is CC1CCCC(Nc2cc(Cl)nc(C(F)(F)F)n2)C1. The summed E-state index contributed by atoms with van der Waals surface area (Å²) in [5.41, 5.74) is 0. The zero-order chi connectivity index (χ0) is 14.0. The predicted molar refractivity (Wildman–Crippen MR) is 67.1 cm³/mol. The minimum Gasteiger partial charge on any atom is -0.367 e. The number of hydrogen-bond donors (Lipinski definition) is 1. The van der Waals surface area contributed by atoms with E-state index >= 15 is 0 Å². The topological polar surface area (TPSA) is 37.8 Å². The molecule has 19 heavy (non-hydrogen) atoms. The van der Waals surface area contributed by atoms with Crippen LogP contribution in [0.15, 0.2) is 6.07 Å². The minimum atomic E-state index is -4.58. The molecule has 1 saturated carbocycles. The van der Waals surface area contributed by atoms with Crippen molar-refractivity contribution in [1.82, 2.24) is 9.97 Å². The Labute approximate surface area is 114 Å². The second-order valence-corrected chi connectivity index (χ2v) is 5.40. The van der Waals surface area contributed by atoms with Gasteiger partial charge in [0.25, 0.3) is 0 Å². The monoisotopic (exact) mass is 293 g/mol. The number of halogens is 4. The largest absolute Gasteiger partial charge is 0.451 e. The number of rotatable bonds is 2. The molecule has 2 rings (SSSR count). The number of alkyl halides is 3. The average Bonchev–Trinajstić information content (AvgIpc) is 2.26. The summed E-state index contributed by atoms with van der Waals surface area (Å²) >= 11 is 5.61. The number of nitrogens with one attached hydrogen (secondary N) is 1. The van der Waals surface area contributed by atoms with Gasteiger partial charge in [0, 0.05) is 12.1 Å². The molecule has 1 aromatic rings. The first kappa shape index (κ1) is 14.4. The Morgan fingerprint density at radius 3 is 2.68 bits per heavy atom. The van der Waals surface area contributed by atoms with Gasteiger partial charge in [-0.2, -0.15) is 13.2 Å². The van der Waals surface area contributed by atoms with Gasteiger partial charge in [-0.1, -0.05) is 31.4 Å². The molecule has 1 aliphatic rings. The summed E-state index contributed by atoms with van der Waals surface area (Å²) in [6.07, 6.45) is -0.474. The van der Waals surface area contributed by atoms with Gasteiger partial charge in [0.05, 0.1) is 0 Å². The van der Waals surface area contributed by atoms with E-state index in [0.717, 1.165) is 25.7 Å². The standard InChI is InChI=1S/C12H15ClF3N3/c1-7-3-2-4-8(5-7)17-10-6-9(13)18-11(19-10)12(14,15)16/h6-8H,2-5H2,1H3,(H,17,18,19). The lowest BCUT2D eigenvalue weighted by molar-refractivity contribution is -0.144. The van der Waals surface area contributed by atoms with Crippen molar-refractivity contribution in [3.05, 3.63) is 17.0 Å². The molecule has 0 saturated heterocycles. The van der Waals surface area contributed by atoms with E-state index in [9.17, 15) is 13.2 Å². The van der Waals surface area contributed by atoms with E-state index < -0.39 is 12.0 Å². The highest BCUT2D eigenvalue weighted by Gasteiger charge is 2.35. The Morgan fingerprint density at radius 2 is 2.05 bits per heavy atom. The van der Waals surface area contributed by atoms with Crippen LogP contribution in [0.4, 0.5) is 19.0 Å². The van der Waals surface area contributed by atoms with Crippen molar-refractivity contribution in [3.63, 3.8) is 0 Å². The fourth-order valence-electron chi connectivity index (χ4n) is 2.39. The van der Waals surface area contributed by atoms with Crippen LogP contribution in [0.1, 0.15) is 38.4 Å². The molecule has 1 heterocycles. The normalized spacial score (nSPS) is 24.3. The second-order valence-electron chi connectivity index (χ2n) is 5.01. The van der Waals surface area contributed by atoms with Gasteiger partial charge in [-0.25, -0.2) is 9.97 Å². The second kappa shape index (κ2) is 5.53. The van der Waals surface area contributed by atoms with Gasteiger partial charge in [-0.3, -0.25) is 0 Å². The maximum absolute atomic E-state index is 12.6. The van der Waals surface area contributed by atoms with Crippen molar-refractivity contribution < 1.29 is 13.2 Å². The van der Waals surface area contributed by atoms with Gasteiger partial charge >= 0.3 is 6.18 Å². The minimum absolute atomic E-state index is 0.145. The van der Waals surface area contributed by atoms with Crippen LogP contribution in [0.5, 0.6) is 0 Å². The van der Waals surface area contributed by atoms with Crippen LogP contribution in [0.25, 0.3) is 0 Å². The maximum Gasteiger partial charge on any atom is 0.451 e. The highest BCUT2D eigenvalue weighted by atomic mass is 35.5. The molecule has 2 unspecified atom stereocenters. The Bertz CT molecular complexity index is 450. The molecule has 0 aromatic carbocycles. The van der Waals surface area contributed by atoms with Crippen LogP contribution < -0.4 is 5.32 Å². The van der Waals surface area contributed by atoms with Crippen molar-refractivity contribution >= 4 is 17.4 Å². The summed E-state index contributed by atoms with van der Waals surface area (Å²) in [7, 11) is 0. The van der Waals surface area contributed by atoms with E-state index in [0.29, 0.717) is 5.92 Å². The summed E-state index contributed by atoms with van der Waals surface area (Å²) in [6.45, 7) is 2.14. The lowest BCUT2D eigenvalue weighted by atomic mass is 9.87. The molecule has 7 heteroatoms. The Kier molecular flexibility index (Phi) is 4.18. The first-order valence-corrected chi connectivity index (χ1v) is 6.60. The van der Waals surface area contributed by atoms with E-state index in [1.807, 2.05) is 0 Å². The molecular formula is C12H15ClF3N3. The quantitative estimate of drug-likeness (QED) is 0.833. The van der Waals surface area contributed by atoms with Crippen molar-refractivity contribution in [2.75, 3.05) is 5.32 Å². The molecule has 0 aliphatic heterocycles. The van der Waals surface area contributed by atoms with Crippen LogP contribution in [0, 0.1) is 5.92 Å². The van der Waals surface area contributed by atoms with E-state index in [-0.39, 0.29) is 17.0 Å². The zero-order valence-electron chi connectivity index (χ0n) is 10.5. The number of anilines is 1. The van der Waals surface area contributed by atoms with Crippen molar-refractivity contribution in [2.45, 2.75) is 44.8 Å². The molecule has 2 atom stereocenters. The first-order valence-electron chi connectivity index (χ1n) is 6.23. The molecule has 1 N–H and O–H groups in total. The highest BCUT2D eigenvalue weighted by molar-refractivity contribution is 6.29. The molecule has 1 fully saturated rings. The van der Waals surface area contributed by atoms with Crippen LogP contribution in [-0.4, -0.2) is 16.0 Å². The van der Waals surface area contributed by atoms with Gasteiger partial charge in [0.1, 0.15) is 11.0 Å². The summed E-state index contributed by atoms with van der Waals surface area (Å²) in [6, 6.07) is 1.48. The maximum atomic E-state index is 12.6. The first-order chi connectivity index (χ1) is 8.84. The number of hydrogen-bond acceptors (Lipinski definition) is 3. The molecular weight excluding hydrogens is 279 g/mol. The van der Waals surface area contributed by atoms with Crippen molar-refractivity contribution in [1.29, 1.82) is 0 Å².